The second-order valence-corrected chi connectivity index (χ2v) is 5.53. The first-order chi connectivity index (χ1) is 10.7. The number of anilines is 3. The van der Waals surface area contributed by atoms with E-state index < -0.39 is 0 Å². The number of aromatic nitrogens is 4. The highest BCUT2D eigenvalue weighted by Crippen LogP contribution is 2.35. The highest BCUT2D eigenvalue weighted by molar-refractivity contribution is 7.17. The summed E-state index contributed by atoms with van der Waals surface area (Å²) in [5.74, 6) is 1.28. The van der Waals surface area contributed by atoms with Gasteiger partial charge in [-0.1, -0.05) is 17.4 Å². The van der Waals surface area contributed by atoms with Gasteiger partial charge in [0.2, 0.25) is 0 Å². The molecule has 0 spiro atoms. The van der Waals surface area contributed by atoms with E-state index >= 15 is 0 Å². The van der Waals surface area contributed by atoms with Crippen molar-refractivity contribution in [3.63, 3.8) is 0 Å². The van der Waals surface area contributed by atoms with Gasteiger partial charge in [-0.3, -0.25) is 14.7 Å². The van der Waals surface area contributed by atoms with E-state index in [2.05, 4.69) is 19.9 Å². The largest absolute Gasteiger partial charge is 0.294 e. The molecule has 3 rings (SSSR count). The maximum Gasteiger partial charge on any atom is 0.197 e. The number of carbonyl (C=O) groups excluding carboxylic acids is 1. The number of hydrogen-bond donors (Lipinski definition) is 0. The Morgan fingerprint density at radius 1 is 1.14 bits per heavy atom. The first-order valence-corrected chi connectivity index (χ1v) is 7.44. The number of carbonyl (C=O) groups is 1. The molecule has 6 nitrogen and oxygen atoms in total. The smallest absolute Gasteiger partial charge is 0.197 e. The number of rotatable bonds is 4. The number of aryl methyl sites for hydroxylation is 1. The van der Waals surface area contributed by atoms with Gasteiger partial charge in [-0.2, -0.15) is 0 Å². The average molecular weight is 311 g/mol. The molecule has 0 atom stereocenters. The third-order valence-corrected chi connectivity index (χ3v) is 4.20. The molecule has 0 fully saturated rings. The maximum atomic E-state index is 11.7. The number of pyridine rings is 1. The van der Waals surface area contributed by atoms with E-state index in [1.165, 1.54) is 18.3 Å². The van der Waals surface area contributed by atoms with Crippen LogP contribution in [0.15, 0.2) is 43.0 Å². The van der Waals surface area contributed by atoms with Gasteiger partial charge < -0.3 is 0 Å². The summed E-state index contributed by atoms with van der Waals surface area (Å²) in [6.07, 6.45) is 6.55. The first kappa shape index (κ1) is 14.3. The Balaban J connectivity index is 2.14. The summed E-state index contributed by atoms with van der Waals surface area (Å²) < 4.78 is 0. The number of hydrogen-bond acceptors (Lipinski definition) is 7. The molecule has 0 aliphatic rings. The molecular formula is C15H13N5OS. The molecule has 0 aliphatic carbocycles. The topological polar surface area (TPSA) is 71.9 Å². The van der Waals surface area contributed by atoms with Crippen molar-refractivity contribution in [2.75, 3.05) is 4.90 Å². The molecule has 0 aromatic carbocycles. The van der Waals surface area contributed by atoms with E-state index in [1.807, 2.05) is 25.1 Å². The fourth-order valence-corrected chi connectivity index (χ4v) is 2.99. The van der Waals surface area contributed by atoms with Crippen LogP contribution >= 0.6 is 11.3 Å². The van der Waals surface area contributed by atoms with Gasteiger partial charge in [0.25, 0.3) is 0 Å². The second-order valence-electron chi connectivity index (χ2n) is 4.55. The lowest BCUT2D eigenvalue weighted by molar-refractivity contribution is 0.102. The highest BCUT2D eigenvalue weighted by atomic mass is 32.1. The average Bonchev–Trinajstić information content (AvgIpc) is 2.91. The van der Waals surface area contributed by atoms with Gasteiger partial charge in [0.15, 0.2) is 16.7 Å². The van der Waals surface area contributed by atoms with Gasteiger partial charge in [-0.15, -0.1) is 0 Å². The van der Waals surface area contributed by atoms with Crippen LogP contribution in [0.3, 0.4) is 0 Å². The lowest BCUT2D eigenvalue weighted by atomic mass is 10.3. The second kappa shape index (κ2) is 5.98. The van der Waals surface area contributed by atoms with E-state index in [4.69, 9.17) is 0 Å². The molecule has 0 N–H and O–H groups in total. The van der Waals surface area contributed by atoms with Gasteiger partial charge in [0, 0.05) is 25.5 Å². The summed E-state index contributed by atoms with van der Waals surface area (Å²) in [5.41, 5.74) is 0.706. The molecule has 0 aliphatic heterocycles. The summed E-state index contributed by atoms with van der Waals surface area (Å²) in [4.78, 5) is 31.4. The molecule has 3 heterocycles. The summed E-state index contributed by atoms with van der Waals surface area (Å²) in [5, 5.41) is 0.641. The van der Waals surface area contributed by atoms with Crippen LogP contribution in [0.2, 0.25) is 0 Å². The van der Waals surface area contributed by atoms with Crippen molar-refractivity contribution in [1.29, 1.82) is 0 Å². The van der Waals surface area contributed by atoms with Crippen LogP contribution in [0.4, 0.5) is 16.8 Å². The van der Waals surface area contributed by atoms with Gasteiger partial charge in [-0.25, -0.2) is 15.0 Å². The third kappa shape index (κ3) is 2.71. The SMILES string of the molecule is CC(=O)c1sc(N(c2ccccn2)c2cnccn2)nc1C. The van der Waals surface area contributed by atoms with Crippen molar-refractivity contribution in [2.45, 2.75) is 13.8 Å². The fraction of sp³-hybridized carbons (Fsp3) is 0.133. The van der Waals surface area contributed by atoms with Crippen LogP contribution in [-0.2, 0) is 0 Å². The first-order valence-electron chi connectivity index (χ1n) is 6.62. The summed E-state index contributed by atoms with van der Waals surface area (Å²) in [7, 11) is 0. The minimum atomic E-state index is 0.00127. The van der Waals surface area contributed by atoms with E-state index in [0.29, 0.717) is 27.3 Å². The third-order valence-electron chi connectivity index (χ3n) is 2.95. The van der Waals surface area contributed by atoms with Crippen LogP contribution < -0.4 is 4.90 Å². The molecule has 0 saturated heterocycles. The Morgan fingerprint density at radius 3 is 2.55 bits per heavy atom. The number of ketones is 1. The standard InChI is InChI=1S/C15H13N5OS/c1-10-14(11(2)21)22-15(19-10)20(12-5-3-4-6-17-12)13-9-16-7-8-18-13/h3-9H,1-2H3. The van der Waals surface area contributed by atoms with Crippen LogP contribution in [0.25, 0.3) is 0 Å². The molecule has 7 heteroatoms. The van der Waals surface area contributed by atoms with Crippen LogP contribution in [0, 0.1) is 6.92 Å². The van der Waals surface area contributed by atoms with Gasteiger partial charge in [-0.05, 0) is 19.1 Å². The normalized spacial score (nSPS) is 10.5. The van der Waals surface area contributed by atoms with Gasteiger partial charge in [0.05, 0.1) is 16.8 Å². The molecule has 0 amide bonds. The van der Waals surface area contributed by atoms with E-state index in [-0.39, 0.29) is 5.78 Å². The van der Waals surface area contributed by atoms with Crippen molar-refractivity contribution in [2.24, 2.45) is 0 Å². The molecule has 3 aromatic rings. The van der Waals surface area contributed by atoms with Crippen LogP contribution in [-0.4, -0.2) is 25.7 Å². The summed E-state index contributed by atoms with van der Waals surface area (Å²) in [6, 6.07) is 5.59. The van der Waals surface area contributed by atoms with Crippen molar-refractivity contribution in [1.82, 2.24) is 19.9 Å². The Hall–Kier alpha value is -2.67. The summed E-state index contributed by atoms with van der Waals surface area (Å²) in [6.45, 7) is 3.36. The minimum Gasteiger partial charge on any atom is -0.294 e. The fourth-order valence-electron chi connectivity index (χ4n) is 2.01. The monoisotopic (exact) mass is 311 g/mol. The summed E-state index contributed by atoms with van der Waals surface area (Å²) >= 11 is 1.32. The number of thiazole rings is 1. The van der Waals surface area contributed by atoms with Gasteiger partial charge in [0.1, 0.15) is 5.82 Å². The zero-order valence-corrected chi connectivity index (χ0v) is 12.9. The van der Waals surface area contributed by atoms with Crippen LogP contribution in [0.5, 0.6) is 0 Å². The number of nitrogens with zero attached hydrogens (tertiary/aromatic N) is 5. The van der Waals surface area contributed by atoms with E-state index in [1.54, 1.807) is 29.7 Å². The Morgan fingerprint density at radius 2 is 1.95 bits per heavy atom. The molecule has 3 aromatic heterocycles. The van der Waals surface area contributed by atoms with E-state index in [9.17, 15) is 4.79 Å². The Labute approximate surface area is 131 Å². The molecule has 0 radical (unpaired) electrons. The predicted octanol–water partition coefficient (Wildman–Crippen LogP) is 3.31. The minimum absolute atomic E-state index is 0.00127. The Kier molecular flexibility index (Phi) is 3.88. The lowest BCUT2D eigenvalue weighted by Crippen LogP contribution is -2.12. The van der Waals surface area contributed by atoms with Crippen molar-refractivity contribution in [3.05, 3.63) is 53.6 Å². The van der Waals surface area contributed by atoms with Gasteiger partial charge >= 0.3 is 0 Å². The molecule has 110 valence electrons. The quantitative estimate of drug-likeness (QED) is 0.688. The molecular weight excluding hydrogens is 298 g/mol. The highest BCUT2D eigenvalue weighted by Gasteiger charge is 2.21. The molecule has 0 unspecified atom stereocenters. The maximum absolute atomic E-state index is 11.7. The van der Waals surface area contributed by atoms with Crippen molar-refractivity contribution >= 4 is 33.9 Å². The lowest BCUT2D eigenvalue weighted by Gasteiger charge is -2.18. The molecule has 22 heavy (non-hydrogen) atoms. The zero-order chi connectivity index (χ0) is 15.5. The number of Topliss-reactive ketones (excluding diaryl/α,β-unsaturated/α-hetero) is 1. The van der Waals surface area contributed by atoms with Crippen molar-refractivity contribution < 1.29 is 4.79 Å². The predicted molar refractivity (Wildman–Crippen MR) is 84.9 cm³/mol. The molecule has 0 bridgehead atoms. The van der Waals surface area contributed by atoms with Crippen LogP contribution in [0.1, 0.15) is 22.3 Å². The molecule has 0 saturated carbocycles. The Bertz CT molecular complexity index is 749. The van der Waals surface area contributed by atoms with E-state index in [0.717, 1.165) is 0 Å². The zero-order valence-electron chi connectivity index (χ0n) is 12.1. The van der Waals surface area contributed by atoms with Crippen molar-refractivity contribution in [3.8, 4) is 0 Å².